The van der Waals surface area contributed by atoms with Crippen molar-refractivity contribution in [2.75, 3.05) is 33.2 Å². The Kier molecular flexibility index (Phi) is 13.3. The van der Waals surface area contributed by atoms with E-state index in [2.05, 4.69) is 32.8 Å². The van der Waals surface area contributed by atoms with Gasteiger partial charge in [0.1, 0.15) is 0 Å². The number of rotatable bonds is 9. The Morgan fingerprint density at radius 3 is 2.00 bits per heavy atom. The monoisotopic (exact) mass is 286 g/mol. The van der Waals surface area contributed by atoms with Crippen LogP contribution in [0.3, 0.4) is 0 Å². The van der Waals surface area contributed by atoms with E-state index in [1.165, 1.54) is 32.0 Å². The number of aliphatic carboxylic acids is 1. The van der Waals surface area contributed by atoms with Crippen LogP contribution in [0.1, 0.15) is 40.0 Å². The van der Waals surface area contributed by atoms with Gasteiger partial charge < -0.3 is 19.7 Å². The fourth-order valence-electron chi connectivity index (χ4n) is 2.16. The highest BCUT2D eigenvalue weighted by Gasteiger charge is 2.18. The SMILES string of the molecule is C=CC(=O)NCCC[N+](C)(CCC)CCC.CC(=O)[O-]. The van der Waals surface area contributed by atoms with Crippen LogP contribution in [0, 0.1) is 0 Å². The van der Waals surface area contributed by atoms with E-state index < -0.39 is 5.97 Å². The number of hydrogen-bond donors (Lipinski definition) is 1. The second kappa shape index (κ2) is 12.7. The van der Waals surface area contributed by atoms with Gasteiger partial charge in [0.25, 0.3) is 0 Å². The number of carbonyl (C=O) groups is 2. The summed E-state index contributed by atoms with van der Waals surface area (Å²) in [6, 6.07) is 0. The van der Waals surface area contributed by atoms with Crippen LogP contribution in [0.15, 0.2) is 12.7 Å². The van der Waals surface area contributed by atoms with Crippen LogP contribution in [-0.2, 0) is 9.59 Å². The molecule has 0 unspecified atom stereocenters. The van der Waals surface area contributed by atoms with Crippen molar-refractivity contribution in [1.29, 1.82) is 0 Å². The molecule has 1 N–H and O–H groups in total. The largest absolute Gasteiger partial charge is 0.550 e. The topological polar surface area (TPSA) is 69.2 Å². The Balaban J connectivity index is 0. The van der Waals surface area contributed by atoms with Crippen molar-refractivity contribution in [2.45, 2.75) is 40.0 Å². The van der Waals surface area contributed by atoms with Crippen LogP contribution < -0.4 is 10.4 Å². The second-order valence-electron chi connectivity index (χ2n) is 5.13. The molecule has 0 rings (SSSR count). The molecule has 0 aliphatic rings. The molecule has 0 saturated carbocycles. The van der Waals surface area contributed by atoms with Crippen LogP contribution in [0.5, 0.6) is 0 Å². The fourth-order valence-corrected chi connectivity index (χ4v) is 2.16. The molecular formula is C15H30N2O3. The maximum Gasteiger partial charge on any atom is 0.243 e. The maximum absolute atomic E-state index is 11.0. The van der Waals surface area contributed by atoms with Crippen molar-refractivity contribution >= 4 is 11.9 Å². The van der Waals surface area contributed by atoms with Crippen LogP contribution in [0.25, 0.3) is 0 Å². The zero-order valence-electron chi connectivity index (χ0n) is 13.4. The molecule has 0 aromatic rings. The third kappa shape index (κ3) is 14.7. The molecule has 0 radical (unpaired) electrons. The van der Waals surface area contributed by atoms with Gasteiger partial charge in [0.15, 0.2) is 0 Å². The molecule has 0 aliphatic carbocycles. The molecule has 0 aliphatic heterocycles. The van der Waals surface area contributed by atoms with Crippen LogP contribution in [0.2, 0.25) is 0 Å². The van der Waals surface area contributed by atoms with E-state index in [4.69, 9.17) is 9.90 Å². The van der Waals surface area contributed by atoms with Gasteiger partial charge in [-0.2, -0.15) is 0 Å². The van der Waals surface area contributed by atoms with Gasteiger partial charge in [-0.1, -0.05) is 20.4 Å². The molecule has 118 valence electrons. The van der Waals surface area contributed by atoms with Gasteiger partial charge >= 0.3 is 0 Å². The number of quaternary nitrogens is 1. The molecule has 5 nitrogen and oxygen atoms in total. The summed E-state index contributed by atoms with van der Waals surface area (Å²) in [7, 11) is 2.31. The van der Waals surface area contributed by atoms with E-state index in [1.54, 1.807) is 0 Å². The van der Waals surface area contributed by atoms with Crippen LogP contribution in [-0.4, -0.2) is 49.6 Å². The molecule has 0 saturated heterocycles. The minimum absolute atomic E-state index is 0.0693. The molecule has 0 aromatic carbocycles. The second-order valence-corrected chi connectivity index (χ2v) is 5.13. The highest BCUT2D eigenvalue weighted by molar-refractivity contribution is 5.86. The Hall–Kier alpha value is -1.36. The minimum Gasteiger partial charge on any atom is -0.550 e. The van der Waals surface area contributed by atoms with E-state index in [9.17, 15) is 4.79 Å². The van der Waals surface area contributed by atoms with E-state index in [-0.39, 0.29) is 5.91 Å². The predicted molar refractivity (Wildman–Crippen MR) is 79.9 cm³/mol. The fraction of sp³-hybridized carbons (Fsp3) is 0.733. The smallest absolute Gasteiger partial charge is 0.243 e. The first-order chi connectivity index (χ1) is 9.31. The molecule has 20 heavy (non-hydrogen) atoms. The normalized spacial score (nSPS) is 10.2. The molecule has 0 atom stereocenters. The average Bonchev–Trinajstić information content (AvgIpc) is 2.34. The summed E-state index contributed by atoms with van der Waals surface area (Å²) in [5, 5.41) is 11.7. The number of hydrogen-bond acceptors (Lipinski definition) is 3. The Labute approximate surface area is 123 Å². The lowest BCUT2D eigenvalue weighted by Crippen LogP contribution is -2.46. The van der Waals surface area contributed by atoms with Gasteiger partial charge in [0, 0.05) is 18.9 Å². The highest BCUT2D eigenvalue weighted by atomic mass is 16.4. The summed E-state index contributed by atoms with van der Waals surface area (Å²) in [4.78, 5) is 19.8. The van der Waals surface area contributed by atoms with Crippen molar-refractivity contribution in [3.05, 3.63) is 12.7 Å². The lowest BCUT2D eigenvalue weighted by molar-refractivity contribution is -0.909. The summed E-state index contributed by atoms with van der Waals surface area (Å²) in [6.07, 6.45) is 4.80. The third-order valence-electron chi connectivity index (χ3n) is 2.89. The molecule has 0 fully saturated rings. The first-order valence-corrected chi connectivity index (χ1v) is 7.22. The van der Waals surface area contributed by atoms with Gasteiger partial charge in [-0.15, -0.1) is 0 Å². The van der Waals surface area contributed by atoms with Gasteiger partial charge in [0.05, 0.1) is 26.7 Å². The Morgan fingerprint density at radius 2 is 1.65 bits per heavy atom. The summed E-state index contributed by atoms with van der Waals surface area (Å²) >= 11 is 0. The number of carboxylic acid groups (broad SMARTS) is 1. The van der Waals surface area contributed by atoms with E-state index >= 15 is 0 Å². The number of nitrogens with one attached hydrogen (secondary N) is 1. The first-order valence-electron chi connectivity index (χ1n) is 7.22. The zero-order valence-corrected chi connectivity index (χ0v) is 13.4. The molecule has 5 heteroatoms. The van der Waals surface area contributed by atoms with Gasteiger partial charge in [0.2, 0.25) is 5.91 Å². The zero-order chi connectivity index (χ0) is 16.0. The maximum atomic E-state index is 11.0. The number of amides is 1. The van der Waals surface area contributed by atoms with Crippen LogP contribution >= 0.6 is 0 Å². The van der Waals surface area contributed by atoms with Gasteiger partial charge in [-0.05, 0) is 25.8 Å². The standard InChI is InChI=1S/C13H26N2O.C2H4O2/c1-5-10-15(4,11-6-2)12-8-9-14-13(16)7-3;1-2(3)4/h7H,3,5-6,8-12H2,1-2,4H3;1H3,(H,3,4). The summed E-state index contributed by atoms with van der Waals surface area (Å²) < 4.78 is 1.12. The van der Waals surface area contributed by atoms with Crippen molar-refractivity contribution in [1.82, 2.24) is 5.32 Å². The Morgan fingerprint density at radius 1 is 1.20 bits per heavy atom. The van der Waals surface area contributed by atoms with E-state index in [0.717, 1.165) is 30.9 Å². The third-order valence-corrected chi connectivity index (χ3v) is 2.89. The molecule has 1 amide bonds. The number of carbonyl (C=O) groups excluding carboxylic acids is 2. The predicted octanol–water partition coefficient (Wildman–Crippen LogP) is 0.702. The van der Waals surface area contributed by atoms with Crippen molar-refractivity contribution in [3.8, 4) is 0 Å². The summed E-state index contributed by atoms with van der Waals surface area (Å²) in [6.45, 7) is 13.2. The average molecular weight is 286 g/mol. The molecule has 0 bridgehead atoms. The molecule has 0 aromatic heterocycles. The van der Waals surface area contributed by atoms with Crippen molar-refractivity contribution in [2.24, 2.45) is 0 Å². The van der Waals surface area contributed by atoms with Gasteiger partial charge in [-0.3, -0.25) is 4.79 Å². The molecule has 0 spiro atoms. The minimum atomic E-state index is -1.08. The number of carboxylic acids is 1. The summed E-state index contributed by atoms with van der Waals surface area (Å²) in [5.41, 5.74) is 0. The lowest BCUT2D eigenvalue weighted by Gasteiger charge is -2.34. The van der Waals surface area contributed by atoms with Crippen molar-refractivity contribution < 1.29 is 19.2 Å². The lowest BCUT2D eigenvalue weighted by atomic mass is 10.2. The molecular weight excluding hydrogens is 256 g/mol. The van der Waals surface area contributed by atoms with E-state index in [1.807, 2.05) is 0 Å². The van der Waals surface area contributed by atoms with Gasteiger partial charge in [-0.25, -0.2) is 0 Å². The molecule has 0 heterocycles. The highest BCUT2D eigenvalue weighted by Crippen LogP contribution is 2.06. The van der Waals surface area contributed by atoms with Crippen LogP contribution in [0.4, 0.5) is 0 Å². The number of nitrogens with zero attached hydrogens (tertiary/aromatic N) is 1. The van der Waals surface area contributed by atoms with Crippen molar-refractivity contribution in [3.63, 3.8) is 0 Å². The van der Waals surface area contributed by atoms with E-state index in [0.29, 0.717) is 0 Å². The Bertz CT molecular complexity index is 281. The quantitative estimate of drug-likeness (QED) is 0.385. The first kappa shape index (κ1) is 20.9. The summed E-state index contributed by atoms with van der Waals surface area (Å²) in [5.74, 6) is -1.15.